The van der Waals surface area contributed by atoms with E-state index in [-0.39, 0.29) is 11.9 Å². The zero-order valence-corrected chi connectivity index (χ0v) is 16.4. The van der Waals surface area contributed by atoms with Crippen LogP contribution in [0.15, 0.2) is 53.7 Å². The monoisotopic (exact) mass is 430 g/mol. The Kier molecular flexibility index (Phi) is 5.40. The Morgan fingerprint density at radius 3 is 2.63 bits per heavy atom. The molecule has 0 radical (unpaired) electrons. The number of carbonyl (C=O) groups is 1. The average molecular weight is 430 g/mol. The molecule has 2 aromatic carbocycles. The van der Waals surface area contributed by atoms with Crippen LogP contribution >= 0.6 is 11.3 Å². The molecule has 1 amide bonds. The Morgan fingerprint density at radius 2 is 1.90 bits per heavy atom. The van der Waals surface area contributed by atoms with Gasteiger partial charge in [0.2, 0.25) is 0 Å². The Morgan fingerprint density at radius 1 is 1.13 bits per heavy atom. The smallest absolute Gasteiger partial charge is 0.360 e. The van der Waals surface area contributed by atoms with Crippen molar-refractivity contribution < 1.29 is 18.0 Å². The Hall–Kier alpha value is -3.04. The van der Waals surface area contributed by atoms with E-state index < -0.39 is 11.7 Å². The van der Waals surface area contributed by atoms with Gasteiger partial charge in [0, 0.05) is 30.6 Å². The lowest BCUT2D eigenvalue weighted by molar-refractivity contribution is -0.137. The Labute approximate surface area is 174 Å². The van der Waals surface area contributed by atoms with Crippen LogP contribution < -0.4 is 11.1 Å². The van der Waals surface area contributed by atoms with Crippen LogP contribution in [0, 0.1) is 0 Å². The summed E-state index contributed by atoms with van der Waals surface area (Å²) in [5.41, 5.74) is 8.51. The van der Waals surface area contributed by atoms with Crippen LogP contribution in [0.5, 0.6) is 0 Å². The lowest BCUT2D eigenvalue weighted by atomic mass is 10.0. The number of amides is 1. The van der Waals surface area contributed by atoms with Gasteiger partial charge >= 0.3 is 6.18 Å². The summed E-state index contributed by atoms with van der Waals surface area (Å²) in [6.07, 6.45) is -0.598. The second kappa shape index (κ2) is 8.00. The molecule has 3 aromatic rings. The summed E-state index contributed by atoms with van der Waals surface area (Å²) in [6.45, 7) is 0.430. The number of hydrogen-bond donors (Lipinski definition) is 2. The number of nitrogens with zero attached hydrogens (tertiary/aromatic N) is 2. The van der Waals surface area contributed by atoms with Crippen LogP contribution in [0.3, 0.4) is 0 Å². The standard InChI is InChI=1S/C21H17F3N4OS/c22-21(23,24)15-4-1-12(2-5-15)7-16(25)10-27-20-28-11-18(30-20)13-3-6-17-14(8-13)9-26-19(17)29/h1-6,8-9,11,16H,7,10,25H2,(H,27,28)/t16-/m0/s1. The molecule has 0 saturated carbocycles. The number of thiazole rings is 1. The van der Waals surface area contributed by atoms with E-state index in [4.69, 9.17) is 5.73 Å². The lowest BCUT2D eigenvalue weighted by Gasteiger charge is -2.13. The number of aliphatic imine (C=N–C) groups is 1. The highest BCUT2D eigenvalue weighted by Crippen LogP contribution is 2.31. The maximum atomic E-state index is 12.6. The quantitative estimate of drug-likeness (QED) is 0.608. The van der Waals surface area contributed by atoms with E-state index in [1.54, 1.807) is 18.5 Å². The second-order valence-electron chi connectivity index (χ2n) is 6.93. The first-order chi connectivity index (χ1) is 14.3. The van der Waals surface area contributed by atoms with Gasteiger partial charge in [-0.3, -0.25) is 4.79 Å². The molecular formula is C21H17F3N4OS. The van der Waals surface area contributed by atoms with Crippen molar-refractivity contribution in [2.24, 2.45) is 10.7 Å². The van der Waals surface area contributed by atoms with E-state index in [0.717, 1.165) is 33.7 Å². The van der Waals surface area contributed by atoms with E-state index >= 15 is 0 Å². The fourth-order valence-electron chi connectivity index (χ4n) is 3.13. The fraction of sp³-hybridized carbons (Fsp3) is 0.190. The van der Waals surface area contributed by atoms with Crippen LogP contribution in [-0.4, -0.2) is 29.7 Å². The summed E-state index contributed by atoms with van der Waals surface area (Å²) in [6, 6.07) is 10.3. The summed E-state index contributed by atoms with van der Waals surface area (Å²) in [7, 11) is 0. The molecule has 0 fully saturated rings. The predicted molar refractivity (Wildman–Crippen MR) is 111 cm³/mol. The molecule has 0 unspecified atom stereocenters. The molecule has 9 heteroatoms. The first-order valence-electron chi connectivity index (χ1n) is 9.14. The predicted octanol–water partition coefficient (Wildman–Crippen LogP) is 4.38. The summed E-state index contributed by atoms with van der Waals surface area (Å²) in [5, 5.41) is 3.86. The lowest BCUT2D eigenvalue weighted by Crippen LogP contribution is -2.31. The number of rotatable bonds is 6. The fourth-order valence-corrected chi connectivity index (χ4v) is 3.95. The average Bonchev–Trinajstić information content (AvgIpc) is 3.33. The summed E-state index contributed by atoms with van der Waals surface area (Å²) in [4.78, 5) is 20.6. The maximum Gasteiger partial charge on any atom is 0.416 e. The molecule has 0 aliphatic carbocycles. The molecule has 0 bridgehead atoms. The minimum atomic E-state index is -4.34. The number of alkyl halides is 3. The van der Waals surface area contributed by atoms with Crippen molar-refractivity contribution >= 4 is 28.6 Å². The summed E-state index contributed by atoms with van der Waals surface area (Å²) < 4.78 is 37.9. The van der Waals surface area contributed by atoms with Gasteiger partial charge < -0.3 is 11.1 Å². The zero-order chi connectivity index (χ0) is 21.3. The van der Waals surface area contributed by atoms with Gasteiger partial charge in [0.15, 0.2) is 5.13 Å². The van der Waals surface area contributed by atoms with Crippen LogP contribution in [-0.2, 0) is 12.6 Å². The van der Waals surface area contributed by atoms with Gasteiger partial charge in [-0.05, 0) is 41.8 Å². The highest BCUT2D eigenvalue weighted by atomic mass is 32.1. The second-order valence-corrected chi connectivity index (χ2v) is 7.97. The van der Waals surface area contributed by atoms with Gasteiger partial charge in [-0.15, -0.1) is 0 Å². The molecule has 154 valence electrons. The van der Waals surface area contributed by atoms with Crippen molar-refractivity contribution in [1.82, 2.24) is 4.98 Å². The molecule has 1 aliphatic heterocycles. The first-order valence-corrected chi connectivity index (χ1v) is 9.95. The van der Waals surface area contributed by atoms with Gasteiger partial charge in [-0.2, -0.15) is 13.2 Å². The minimum Gasteiger partial charge on any atom is -0.360 e. The van der Waals surface area contributed by atoms with Crippen LogP contribution in [0.25, 0.3) is 10.4 Å². The van der Waals surface area contributed by atoms with Crippen molar-refractivity contribution in [2.45, 2.75) is 18.6 Å². The van der Waals surface area contributed by atoms with Crippen molar-refractivity contribution in [2.75, 3.05) is 11.9 Å². The third-order valence-electron chi connectivity index (χ3n) is 4.69. The number of benzene rings is 2. The van der Waals surface area contributed by atoms with Gasteiger partial charge in [-0.25, -0.2) is 9.98 Å². The van der Waals surface area contributed by atoms with Gasteiger partial charge in [0.05, 0.1) is 16.0 Å². The number of hydrogen-bond acceptors (Lipinski definition) is 5. The number of aromatic nitrogens is 1. The van der Waals surface area contributed by atoms with E-state index in [1.165, 1.54) is 23.5 Å². The van der Waals surface area contributed by atoms with Crippen molar-refractivity contribution in [3.05, 3.63) is 70.9 Å². The molecular weight excluding hydrogens is 413 g/mol. The molecule has 3 N–H and O–H groups in total. The van der Waals surface area contributed by atoms with Crippen molar-refractivity contribution in [3.8, 4) is 10.4 Å². The van der Waals surface area contributed by atoms with Crippen LogP contribution in [0.4, 0.5) is 18.3 Å². The summed E-state index contributed by atoms with van der Waals surface area (Å²) in [5.74, 6) is -0.231. The molecule has 30 heavy (non-hydrogen) atoms. The largest absolute Gasteiger partial charge is 0.416 e. The normalized spacial score (nSPS) is 14.1. The molecule has 0 saturated heterocycles. The van der Waals surface area contributed by atoms with Gasteiger partial charge in [0.25, 0.3) is 5.91 Å². The topological polar surface area (TPSA) is 80.4 Å². The van der Waals surface area contributed by atoms with Crippen molar-refractivity contribution in [3.63, 3.8) is 0 Å². The van der Waals surface area contributed by atoms with Crippen LogP contribution in [0.2, 0.25) is 0 Å². The summed E-state index contributed by atoms with van der Waals surface area (Å²) >= 11 is 1.45. The molecule has 1 aliphatic rings. The van der Waals surface area contributed by atoms with Gasteiger partial charge in [-0.1, -0.05) is 29.5 Å². The van der Waals surface area contributed by atoms with E-state index in [0.29, 0.717) is 23.7 Å². The highest BCUT2D eigenvalue weighted by Gasteiger charge is 2.29. The number of nitrogens with two attached hydrogens (primary N) is 1. The van der Waals surface area contributed by atoms with Gasteiger partial charge in [0.1, 0.15) is 0 Å². The third-order valence-corrected chi connectivity index (χ3v) is 5.69. The van der Waals surface area contributed by atoms with E-state index in [9.17, 15) is 18.0 Å². The Bertz CT molecular complexity index is 1110. The molecule has 5 nitrogen and oxygen atoms in total. The number of halogens is 3. The van der Waals surface area contributed by atoms with E-state index in [1.807, 2.05) is 12.1 Å². The van der Waals surface area contributed by atoms with Crippen molar-refractivity contribution in [1.29, 1.82) is 0 Å². The molecule has 2 heterocycles. The minimum absolute atomic E-state index is 0.231. The van der Waals surface area contributed by atoms with Crippen LogP contribution in [0.1, 0.15) is 27.0 Å². The number of anilines is 1. The molecule has 1 aromatic heterocycles. The molecule has 0 spiro atoms. The SMILES string of the molecule is N[C@H](CNc1ncc(-c2ccc3c(c2)C=NC3=O)s1)Cc1ccc(C(F)(F)F)cc1. The number of carbonyl (C=O) groups excluding carboxylic acids is 1. The molecule has 4 rings (SSSR count). The number of nitrogens with one attached hydrogen (secondary N) is 1. The zero-order valence-electron chi connectivity index (χ0n) is 15.6. The maximum absolute atomic E-state index is 12.6. The first kappa shape index (κ1) is 20.2. The van der Waals surface area contributed by atoms with E-state index in [2.05, 4.69) is 15.3 Å². The molecule has 1 atom stereocenters. The third kappa shape index (κ3) is 4.42. The Balaban J connectivity index is 1.34. The number of fused-ring (bicyclic) bond motifs is 1. The highest BCUT2D eigenvalue weighted by molar-refractivity contribution is 7.18.